The van der Waals surface area contributed by atoms with Crippen molar-refractivity contribution in [2.75, 3.05) is 19.3 Å². The summed E-state index contributed by atoms with van der Waals surface area (Å²) in [7, 11) is -3.02. The lowest BCUT2D eigenvalue weighted by Gasteiger charge is -2.30. The van der Waals surface area contributed by atoms with E-state index in [0.717, 1.165) is 10.6 Å². The van der Waals surface area contributed by atoms with Gasteiger partial charge in [0.2, 0.25) is 0 Å². The molecule has 0 aliphatic carbocycles. The van der Waals surface area contributed by atoms with Crippen LogP contribution >= 0.6 is 11.3 Å². The van der Waals surface area contributed by atoms with Crippen LogP contribution in [0.1, 0.15) is 23.3 Å². The quantitative estimate of drug-likeness (QED) is 0.924. The SMILES string of the molecule is CS(=O)(=O)C1CCN(C(=O)c2cc(-c3cccs3)[nH]n2)CC1. The van der Waals surface area contributed by atoms with Gasteiger partial charge in [0.15, 0.2) is 5.69 Å². The molecule has 0 aromatic carbocycles. The highest BCUT2D eigenvalue weighted by Gasteiger charge is 2.29. The Bertz CT molecular complexity index is 757. The van der Waals surface area contributed by atoms with Crippen molar-refractivity contribution < 1.29 is 13.2 Å². The van der Waals surface area contributed by atoms with Crippen LogP contribution < -0.4 is 0 Å². The summed E-state index contributed by atoms with van der Waals surface area (Å²) in [5, 5.41) is 8.60. The van der Waals surface area contributed by atoms with Crippen molar-refractivity contribution in [1.82, 2.24) is 15.1 Å². The molecule has 0 atom stereocenters. The lowest BCUT2D eigenvalue weighted by Crippen LogP contribution is -2.42. The van der Waals surface area contributed by atoms with E-state index in [1.165, 1.54) is 6.26 Å². The first-order chi connectivity index (χ1) is 10.4. The van der Waals surface area contributed by atoms with Gasteiger partial charge in [0.25, 0.3) is 5.91 Å². The van der Waals surface area contributed by atoms with Crippen LogP contribution in [0.15, 0.2) is 23.6 Å². The summed E-state index contributed by atoms with van der Waals surface area (Å²) in [4.78, 5) is 15.1. The van der Waals surface area contributed by atoms with Crippen molar-refractivity contribution in [3.63, 3.8) is 0 Å². The predicted molar refractivity (Wildman–Crippen MR) is 85.7 cm³/mol. The van der Waals surface area contributed by atoms with E-state index < -0.39 is 9.84 Å². The van der Waals surface area contributed by atoms with Crippen molar-refractivity contribution in [3.8, 4) is 10.6 Å². The van der Waals surface area contributed by atoms with Crippen molar-refractivity contribution >= 4 is 27.1 Å². The fraction of sp³-hybridized carbons (Fsp3) is 0.429. The zero-order chi connectivity index (χ0) is 15.7. The third-order valence-electron chi connectivity index (χ3n) is 3.92. The smallest absolute Gasteiger partial charge is 0.274 e. The highest BCUT2D eigenvalue weighted by molar-refractivity contribution is 7.91. The van der Waals surface area contributed by atoms with Crippen LogP contribution in [-0.2, 0) is 9.84 Å². The van der Waals surface area contributed by atoms with Crippen molar-refractivity contribution in [3.05, 3.63) is 29.3 Å². The molecule has 1 fully saturated rings. The van der Waals surface area contributed by atoms with Gasteiger partial charge in [-0.3, -0.25) is 9.89 Å². The fourth-order valence-corrected chi connectivity index (χ4v) is 4.40. The molecule has 3 rings (SSSR count). The Hall–Kier alpha value is -1.67. The molecular formula is C14H17N3O3S2. The number of H-pyrrole nitrogens is 1. The topological polar surface area (TPSA) is 83.1 Å². The Labute approximate surface area is 133 Å². The molecule has 22 heavy (non-hydrogen) atoms. The van der Waals surface area contributed by atoms with Crippen LogP contribution in [0.25, 0.3) is 10.6 Å². The second-order valence-corrected chi connectivity index (χ2v) is 8.74. The lowest BCUT2D eigenvalue weighted by atomic mass is 10.1. The summed E-state index contributed by atoms with van der Waals surface area (Å²) in [6.45, 7) is 0.912. The molecule has 0 unspecified atom stereocenters. The molecule has 118 valence electrons. The van der Waals surface area contributed by atoms with E-state index in [4.69, 9.17) is 0 Å². The third kappa shape index (κ3) is 3.07. The maximum atomic E-state index is 12.4. The summed E-state index contributed by atoms with van der Waals surface area (Å²) in [6, 6.07) is 5.65. The minimum absolute atomic E-state index is 0.147. The summed E-state index contributed by atoms with van der Waals surface area (Å²) in [5.74, 6) is -0.147. The van der Waals surface area contributed by atoms with Gasteiger partial charge in [-0.1, -0.05) is 6.07 Å². The van der Waals surface area contributed by atoms with Crippen molar-refractivity contribution in [2.24, 2.45) is 0 Å². The Morgan fingerprint density at radius 1 is 1.41 bits per heavy atom. The third-order valence-corrected chi connectivity index (χ3v) is 6.50. The van der Waals surface area contributed by atoms with Crippen LogP contribution in [0.3, 0.4) is 0 Å². The molecular weight excluding hydrogens is 322 g/mol. The second kappa shape index (κ2) is 5.85. The molecule has 1 saturated heterocycles. The van der Waals surface area contributed by atoms with Crippen LogP contribution in [0.4, 0.5) is 0 Å². The summed E-state index contributed by atoms with van der Waals surface area (Å²) in [5.41, 5.74) is 1.20. The number of hydrogen-bond acceptors (Lipinski definition) is 5. The normalized spacial score (nSPS) is 16.9. The summed E-state index contributed by atoms with van der Waals surface area (Å²) < 4.78 is 23.1. The van der Waals surface area contributed by atoms with Gasteiger partial charge < -0.3 is 4.90 Å². The minimum atomic E-state index is -3.02. The summed E-state index contributed by atoms with van der Waals surface area (Å²) in [6.07, 6.45) is 2.25. The van der Waals surface area contributed by atoms with E-state index in [-0.39, 0.29) is 11.2 Å². The molecule has 1 aliphatic rings. The molecule has 8 heteroatoms. The molecule has 1 amide bonds. The van der Waals surface area contributed by atoms with E-state index in [1.807, 2.05) is 17.5 Å². The van der Waals surface area contributed by atoms with E-state index >= 15 is 0 Å². The van der Waals surface area contributed by atoms with Gasteiger partial charge in [-0.15, -0.1) is 11.3 Å². The number of rotatable bonds is 3. The molecule has 1 N–H and O–H groups in total. The predicted octanol–water partition coefficient (Wildman–Crippen LogP) is 1.79. The number of thiophene rings is 1. The number of sulfone groups is 1. The molecule has 0 spiro atoms. The first kappa shape index (κ1) is 15.2. The molecule has 3 heterocycles. The van der Waals surface area contributed by atoms with Crippen molar-refractivity contribution in [2.45, 2.75) is 18.1 Å². The summed E-state index contributed by atoms with van der Waals surface area (Å²) >= 11 is 1.58. The van der Waals surface area contributed by atoms with Gasteiger partial charge in [-0.25, -0.2) is 8.42 Å². The molecule has 2 aromatic rings. The Kier molecular flexibility index (Phi) is 4.05. The van der Waals surface area contributed by atoms with Gasteiger partial charge in [0, 0.05) is 19.3 Å². The van der Waals surface area contributed by atoms with Gasteiger partial charge in [0.1, 0.15) is 9.84 Å². The van der Waals surface area contributed by atoms with E-state index in [2.05, 4.69) is 10.2 Å². The first-order valence-corrected chi connectivity index (χ1v) is 9.86. The molecule has 0 radical (unpaired) electrons. The van der Waals surface area contributed by atoms with Gasteiger partial charge in [-0.05, 0) is 30.4 Å². The highest BCUT2D eigenvalue weighted by atomic mass is 32.2. The number of nitrogens with zero attached hydrogens (tertiary/aromatic N) is 2. The Balaban J connectivity index is 1.68. The number of nitrogens with one attached hydrogen (secondary N) is 1. The standard InChI is InChI=1S/C14H17N3O3S2/c1-22(19,20)10-4-6-17(7-5-10)14(18)12-9-11(15-16-12)13-3-2-8-21-13/h2-3,8-10H,4-7H2,1H3,(H,15,16). The monoisotopic (exact) mass is 339 g/mol. The number of aromatic amines is 1. The van der Waals surface area contributed by atoms with Crippen LogP contribution in [0.2, 0.25) is 0 Å². The number of carbonyl (C=O) groups excluding carboxylic acids is 1. The molecule has 1 aliphatic heterocycles. The largest absolute Gasteiger partial charge is 0.337 e. The average Bonchev–Trinajstić information content (AvgIpc) is 3.16. The molecule has 2 aromatic heterocycles. The Morgan fingerprint density at radius 3 is 2.73 bits per heavy atom. The Morgan fingerprint density at radius 2 is 2.14 bits per heavy atom. The average molecular weight is 339 g/mol. The van der Waals surface area contributed by atoms with Gasteiger partial charge in [0.05, 0.1) is 15.8 Å². The van der Waals surface area contributed by atoms with Crippen LogP contribution in [0.5, 0.6) is 0 Å². The van der Waals surface area contributed by atoms with E-state index in [0.29, 0.717) is 31.6 Å². The van der Waals surface area contributed by atoms with Gasteiger partial charge >= 0.3 is 0 Å². The zero-order valence-electron chi connectivity index (χ0n) is 12.2. The van der Waals surface area contributed by atoms with Gasteiger partial charge in [-0.2, -0.15) is 5.10 Å². The van der Waals surface area contributed by atoms with E-state index in [9.17, 15) is 13.2 Å². The lowest BCUT2D eigenvalue weighted by molar-refractivity contribution is 0.0720. The second-order valence-electron chi connectivity index (χ2n) is 5.47. The minimum Gasteiger partial charge on any atom is -0.337 e. The maximum absolute atomic E-state index is 12.4. The van der Waals surface area contributed by atoms with Crippen LogP contribution in [-0.4, -0.2) is 54.0 Å². The van der Waals surface area contributed by atoms with Crippen LogP contribution in [0, 0.1) is 0 Å². The highest BCUT2D eigenvalue weighted by Crippen LogP contribution is 2.24. The molecule has 6 nitrogen and oxygen atoms in total. The number of carbonyl (C=O) groups is 1. The first-order valence-electron chi connectivity index (χ1n) is 7.02. The number of likely N-dealkylation sites (tertiary alicyclic amines) is 1. The number of piperidine rings is 1. The zero-order valence-corrected chi connectivity index (χ0v) is 13.8. The van der Waals surface area contributed by atoms with Crippen molar-refractivity contribution in [1.29, 1.82) is 0 Å². The number of hydrogen-bond donors (Lipinski definition) is 1. The number of amides is 1. The fourth-order valence-electron chi connectivity index (χ4n) is 2.64. The maximum Gasteiger partial charge on any atom is 0.274 e. The van der Waals surface area contributed by atoms with E-state index in [1.54, 1.807) is 22.3 Å². The molecule has 0 bridgehead atoms. The number of aromatic nitrogens is 2. The molecule has 0 saturated carbocycles.